The number of carbonyl (C=O) groups is 4. The monoisotopic (exact) mass is 894 g/mol. The first-order chi connectivity index (χ1) is 31.0. The number of hydrogen-bond donors (Lipinski definition) is 3. The number of ether oxygens (including phenoxy) is 3. The van der Waals surface area contributed by atoms with Crippen LogP contribution in [0.5, 0.6) is 11.6 Å². The van der Waals surface area contributed by atoms with E-state index in [2.05, 4.69) is 39.1 Å². The molecule has 9 rings (SSSR count). The van der Waals surface area contributed by atoms with Gasteiger partial charge in [-0.25, -0.2) is 18.2 Å². The van der Waals surface area contributed by atoms with Crippen LogP contribution >= 0.6 is 0 Å². The number of allylic oxidation sites excluding steroid dienone is 2. The summed E-state index contributed by atoms with van der Waals surface area (Å²) in [5.74, 6) is -1.51. The van der Waals surface area contributed by atoms with Crippen LogP contribution in [0, 0.1) is 17.8 Å². The molecule has 64 heavy (non-hydrogen) atoms. The average molecular weight is 895 g/mol. The number of nitrogens with one attached hydrogen (secondary N) is 3. The van der Waals surface area contributed by atoms with Crippen LogP contribution in [0.15, 0.2) is 73.5 Å². The summed E-state index contributed by atoms with van der Waals surface area (Å²) in [4.78, 5) is 68.3. The number of rotatable bonds is 11. The molecule has 2 bridgehead atoms. The maximum atomic E-state index is 15.1. The van der Waals surface area contributed by atoms with Gasteiger partial charge in [0.25, 0.3) is 5.91 Å². The Balaban J connectivity index is 1.07. The number of para-hydroxylation sites is 1. The topological polar surface area (TPSA) is 195 Å². The molecule has 3 N–H and O–H groups in total. The van der Waals surface area contributed by atoms with Gasteiger partial charge in [0.05, 0.1) is 29.5 Å². The molecule has 6 aliphatic rings. The number of sulfonamides is 1. The first kappa shape index (κ1) is 43.7. The fourth-order valence-corrected chi connectivity index (χ4v) is 11.6. The van der Waals surface area contributed by atoms with Crippen molar-refractivity contribution in [3.8, 4) is 11.6 Å². The summed E-state index contributed by atoms with van der Waals surface area (Å²) in [5, 5.41) is 6.01. The number of pyridine rings is 2. The third-order valence-corrected chi connectivity index (χ3v) is 15.9. The first-order valence-electron chi connectivity index (χ1n) is 23.1. The van der Waals surface area contributed by atoms with E-state index in [9.17, 15) is 22.8 Å². The van der Waals surface area contributed by atoms with Crippen molar-refractivity contribution in [1.82, 2.24) is 30.2 Å². The van der Waals surface area contributed by atoms with Gasteiger partial charge in [-0.05, 0) is 107 Å². The predicted molar refractivity (Wildman–Crippen MR) is 238 cm³/mol. The lowest BCUT2D eigenvalue weighted by atomic mass is 9.96. The molecule has 4 saturated carbocycles. The second-order valence-electron chi connectivity index (χ2n) is 18.4. The third kappa shape index (κ3) is 9.34. The van der Waals surface area contributed by atoms with Gasteiger partial charge in [-0.3, -0.25) is 24.1 Å². The van der Waals surface area contributed by atoms with Gasteiger partial charge in [0.15, 0.2) is 0 Å². The van der Waals surface area contributed by atoms with Gasteiger partial charge in [0, 0.05) is 36.0 Å². The smallest absolute Gasteiger partial charge is 0.408 e. The highest BCUT2D eigenvalue weighted by atomic mass is 32.2. The lowest BCUT2D eigenvalue weighted by Crippen LogP contribution is -2.59. The lowest BCUT2D eigenvalue weighted by molar-refractivity contribution is -0.142. The van der Waals surface area contributed by atoms with Gasteiger partial charge < -0.3 is 29.7 Å². The highest BCUT2D eigenvalue weighted by molar-refractivity contribution is 7.91. The van der Waals surface area contributed by atoms with Crippen molar-refractivity contribution in [3.05, 3.63) is 84.7 Å². The maximum absolute atomic E-state index is 15.1. The average Bonchev–Trinajstić information content (AvgIpc) is 4.08. The normalized spacial score (nSPS) is 29.2. The Hall–Kier alpha value is -5.51. The van der Waals surface area contributed by atoms with Gasteiger partial charge >= 0.3 is 6.09 Å². The van der Waals surface area contributed by atoms with E-state index < -0.39 is 68.7 Å². The number of fused-ring (bicyclic) bond motifs is 5. The molecular weight excluding hydrogens is 837 g/mol. The number of alkyl carbamates (subject to hydrolysis) is 1. The van der Waals surface area contributed by atoms with Crippen LogP contribution in [-0.2, 0) is 42.0 Å². The number of amides is 4. The molecule has 16 heteroatoms. The molecule has 340 valence electrons. The minimum Gasteiger partial charge on any atom is -0.492 e. The second kappa shape index (κ2) is 18.5. The molecule has 1 aromatic carbocycles. The molecule has 5 fully saturated rings. The van der Waals surface area contributed by atoms with Gasteiger partial charge in [-0.2, -0.15) is 0 Å². The number of aromatic nitrogens is 2. The second-order valence-corrected chi connectivity index (χ2v) is 20.3. The number of hydrogen-bond acceptors (Lipinski definition) is 11. The third-order valence-electron chi connectivity index (χ3n) is 14.1. The summed E-state index contributed by atoms with van der Waals surface area (Å²) in [6, 6.07) is 11.4. The van der Waals surface area contributed by atoms with Crippen molar-refractivity contribution in [3.63, 3.8) is 0 Å². The minimum atomic E-state index is -3.92. The van der Waals surface area contributed by atoms with Crippen molar-refractivity contribution >= 4 is 44.7 Å². The zero-order valence-corrected chi connectivity index (χ0v) is 36.9. The molecule has 0 spiro atoms. The quantitative estimate of drug-likeness (QED) is 0.203. The van der Waals surface area contributed by atoms with Crippen molar-refractivity contribution < 1.29 is 41.8 Å². The summed E-state index contributed by atoms with van der Waals surface area (Å²) < 4.78 is 47.6. The van der Waals surface area contributed by atoms with Crippen LogP contribution in [-0.4, -0.2) is 95.3 Å². The van der Waals surface area contributed by atoms with Gasteiger partial charge in [0.2, 0.25) is 27.7 Å². The van der Waals surface area contributed by atoms with E-state index in [1.165, 1.54) is 11.0 Å². The Morgan fingerprint density at radius 3 is 2.53 bits per heavy atom. The van der Waals surface area contributed by atoms with Gasteiger partial charge in [-0.15, -0.1) is 6.58 Å². The summed E-state index contributed by atoms with van der Waals surface area (Å²) in [6.45, 7) is 4.16. The molecular formula is C48H58N6O9S. The van der Waals surface area contributed by atoms with Gasteiger partial charge in [0.1, 0.15) is 35.6 Å². The van der Waals surface area contributed by atoms with E-state index in [0.717, 1.165) is 61.6 Å². The molecule has 3 aromatic rings. The van der Waals surface area contributed by atoms with Crippen LogP contribution in [0.3, 0.4) is 0 Å². The minimum absolute atomic E-state index is 0.0264. The van der Waals surface area contributed by atoms with E-state index >= 15 is 4.79 Å². The predicted octanol–water partition coefficient (Wildman–Crippen LogP) is 5.62. The number of nitrogens with zero attached hydrogens (tertiary/aromatic N) is 3. The summed E-state index contributed by atoms with van der Waals surface area (Å²) in [7, 11) is -3.92. The van der Waals surface area contributed by atoms with Crippen molar-refractivity contribution in [2.75, 3.05) is 13.2 Å². The molecule has 2 aliphatic heterocycles. The standard InChI is InChI=1S/C48H58N6O9S/c1-2-32-28-48(32,46(57)53-64(59,60)35-22-23-35)52-43(55)39-27-34-29-54(39)45(56)41(31-14-6-7-15-31)51-47(58)63-40-21-12-16-30(40)13-4-3-5-19-37-42(61-26-24-33-17-10-11-25-49-33)36-18-8-9-20-38(36)50-44(37)62-34/h2-3,5,8-11,17-18,20,25,30-32,34-35,39-41H,1,4,6-7,12-16,19,21-24,26-29H2,(H,51,58)(H,52,55)(H,53,57)/b5-3+/t30-,32?,34-,39+,40-,41+,48-/m1/s1. The van der Waals surface area contributed by atoms with Gasteiger partial charge in [-0.1, -0.05) is 49.3 Å². The van der Waals surface area contributed by atoms with E-state index in [1.54, 1.807) is 6.20 Å². The van der Waals surface area contributed by atoms with Crippen LogP contribution in [0.25, 0.3) is 10.9 Å². The molecule has 4 aliphatic carbocycles. The fourth-order valence-electron chi connectivity index (χ4n) is 10.3. The fraction of sp³-hybridized carbons (Fsp3) is 0.542. The Labute approximate surface area is 374 Å². The largest absolute Gasteiger partial charge is 0.492 e. The molecule has 1 saturated heterocycles. The molecule has 1 unspecified atom stereocenters. The summed E-state index contributed by atoms with van der Waals surface area (Å²) >= 11 is 0. The van der Waals surface area contributed by atoms with Crippen LogP contribution in [0.1, 0.15) is 94.7 Å². The SMILES string of the molecule is C=CC1C[C@]1(NC(=O)[C@@H]1C[C@@H]2CN1C(=O)[C@H](C1CCCC1)NC(=O)O[C@@H]1CCC[C@H]1CC/C=C/Cc1c(nc3ccccc3c1OCCc1ccccn1)O2)C(=O)NS(=O)(=O)C1CC1. The molecule has 15 nitrogen and oxygen atoms in total. The van der Waals surface area contributed by atoms with E-state index in [1.807, 2.05) is 42.5 Å². The Kier molecular flexibility index (Phi) is 12.7. The Morgan fingerprint density at radius 2 is 1.77 bits per heavy atom. The zero-order valence-electron chi connectivity index (χ0n) is 36.1. The maximum Gasteiger partial charge on any atom is 0.408 e. The molecule has 2 aromatic heterocycles. The zero-order chi connectivity index (χ0) is 44.4. The van der Waals surface area contributed by atoms with Crippen LogP contribution < -0.4 is 24.8 Å². The summed E-state index contributed by atoms with van der Waals surface area (Å²) in [5.41, 5.74) is 0.699. The van der Waals surface area contributed by atoms with E-state index in [0.29, 0.717) is 62.3 Å². The lowest BCUT2D eigenvalue weighted by Gasteiger charge is -2.32. The van der Waals surface area contributed by atoms with Crippen LogP contribution in [0.2, 0.25) is 0 Å². The number of carbonyl (C=O) groups excluding carboxylic acids is 4. The summed E-state index contributed by atoms with van der Waals surface area (Å²) in [6.07, 6.45) is 15.3. The molecule has 4 amide bonds. The highest BCUT2D eigenvalue weighted by Crippen LogP contribution is 2.46. The highest BCUT2D eigenvalue weighted by Gasteiger charge is 2.62. The first-order valence-corrected chi connectivity index (χ1v) is 24.6. The Morgan fingerprint density at radius 1 is 0.969 bits per heavy atom. The van der Waals surface area contributed by atoms with E-state index in [-0.39, 0.29) is 37.3 Å². The molecule has 7 atom stereocenters. The molecule has 0 radical (unpaired) electrons. The van der Waals surface area contributed by atoms with Crippen molar-refractivity contribution in [2.45, 2.75) is 131 Å². The van der Waals surface area contributed by atoms with E-state index in [4.69, 9.17) is 19.2 Å². The Bertz CT molecular complexity index is 2400. The van der Waals surface area contributed by atoms with Crippen LogP contribution in [0.4, 0.5) is 4.79 Å². The number of benzene rings is 1. The van der Waals surface area contributed by atoms with Crippen molar-refractivity contribution in [1.29, 1.82) is 0 Å². The van der Waals surface area contributed by atoms with Crippen molar-refractivity contribution in [2.24, 2.45) is 17.8 Å². The molecule has 4 heterocycles.